The molecule has 3 aliphatic rings. The summed E-state index contributed by atoms with van der Waals surface area (Å²) in [7, 11) is 0. The summed E-state index contributed by atoms with van der Waals surface area (Å²) in [5.41, 5.74) is 4.52. The Balaban J connectivity index is 1.32. The molecular formula is C32H30N2O5. The average molecular weight is 523 g/mol. The van der Waals surface area contributed by atoms with Crippen molar-refractivity contribution in [3.8, 4) is 11.1 Å². The zero-order chi connectivity index (χ0) is 27.1. The van der Waals surface area contributed by atoms with Crippen molar-refractivity contribution in [2.24, 2.45) is 11.8 Å². The van der Waals surface area contributed by atoms with Gasteiger partial charge in [-0.15, -0.1) is 0 Å². The fraction of sp³-hybridized carbons (Fsp3) is 0.312. The third-order valence-electron chi connectivity index (χ3n) is 8.53. The molecule has 0 saturated heterocycles. The Labute approximate surface area is 227 Å². The highest BCUT2D eigenvalue weighted by atomic mass is 16.4. The van der Waals surface area contributed by atoms with Gasteiger partial charge in [-0.05, 0) is 53.6 Å². The van der Waals surface area contributed by atoms with E-state index in [1.807, 2.05) is 60.7 Å². The Bertz CT molecular complexity index is 1470. The Morgan fingerprint density at radius 3 is 2.26 bits per heavy atom. The predicted molar refractivity (Wildman–Crippen MR) is 145 cm³/mol. The number of imide groups is 1. The second-order valence-electron chi connectivity index (χ2n) is 10.7. The fourth-order valence-corrected chi connectivity index (χ4v) is 6.49. The molecule has 7 heteroatoms. The highest BCUT2D eigenvalue weighted by molar-refractivity contribution is 6.21. The molecule has 3 atom stereocenters. The SMILES string of the molecule is O=C(O)C1CCCCC1C(=O)N1CCc2ccccc2C1CN1C(=O)c2ccc(-c3ccccc3)cc2C1=O. The number of fused-ring (bicyclic) bond motifs is 2. The van der Waals surface area contributed by atoms with E-state index < -0.39 is 23.8 Å². The van der Waals surface area contributed by atoms with Gasteiger partial charge in [-0.3, -0.25) is 24.1 Å². The zero-order valence-corrected chi connectivity index (χ0v) is 21.6. The number of rotatable bonds is 5. The number of hydrogen-bond donors (Lipinski definition) is 1. The minimum Gasteiger partial charge on any atom is -0.481 e. The van der Waals surface area contributed by atoms with Gasteiger partial charge in [0, 0.05) is 6.54 Å². The molecule has 0 aromatic heterocycles. The Hall–Kier alpha value is -4.26. The first-order valence-electron chi connectivity index (χ1n) is 13.6. The lowest BCUT2D eigenvalue weighted by Crippen LogP contribution is -2.50. The van der Waals surface area contributed by atoms with Gasteiger partial charge in [0.05, 0.1) is 35.5 Å². The van der Waals surface area contributed by atoms with Gasteiger partial charge in [-0.2, -0.15) is 0 Å². The Kier molecular flexibility index (Phi) is 6.51. The van der Waals surface area contributed by atoms with E-state index in [0.29, 0.717) is 36.9 Å². The zero-order valence-electron chi connectivity index (χ0n) is 21.6. The number of carboxylic acid groups (broad SMARTS) is 1. The normalized spacial score (nSPS) is 22.4. The van der Waals surface area contributed by atoms with Crippen molar-refractivity contribution in [3.05, 3.63) is 95.1 Å². The standard InChI is InChI=1S/C32H30N2O5/c35-29(24-12-6-7-13-26(24)32(38)39)33-17-16-21-10-4-5-11-23(21)28(33)19-34-30(36)25-15-14-22(18-27(25)31(34)37)20-8-2-1-3-9-20/h1-5,8-11,14-15,18,24,26,28H,6-7,12-13,16-17,19H2,(H,38,39). The van der Waals surface area contributed by atoms with Crippen LogP contribution in [0, 0.1) is 11.8 Å². The van der Waals surface area contributed by atoms with E-state index in [1.54, 1.807) is 17.0 Å². The highest BCUT2D eigenvalue weighted by Gasteiger charge is 2.44. The van der Waals surface area contributed by atoms with Gasteiger partial charge >= 0.3 is 5.97 Å². The molecule has 3 unspecified atom stereocenters. The Morgan fingerprint density at radius 1 is 0.795 bits per heavy atom. The van der Waals surface area contributed by atoms with Crippen LogP contribution in [0.1, 0.15) is 63.6 Å². The van der Waals surface area contributed by atoms with Crippen molar-refractivity contribution in [3.63, 3.8) is 0 Å². The molecule has 2 aliphatic heterocycles. The molecular weight excluding hydrogens is 492 g/mol. The molecule has 7 nitrogen and oxygen atoms in total. The molecule has 3 aromatic rings. The van der Waals surface area contributed by atoms with E-state index in [1.165, 1.54) is 4.90 Å². The molecule has 2 heterocycles. The average Bonchev–Trinajstić information content (AvgIpc) is 3.21. The summed E-state index contributed by atoms with van der Waals surface area (Å²) in [6.07, 6.45) is 3.29. The molecule has 198 valence electrons. The molecule has 1 saturated carbocycles. The number of carbonyl (C=O) groups excluding carboxylic acids is 3. The van der Waals surface area contributed by atoms with Crippen LogP contribution in [0.4, 0.5) is 0 Å². The fourth-order valence-electron chi connectivity index (χ4n) is 6.49. The number of carboxylic acids is 1. The van der Waals surface area contributed by atoms with Crippen LogP contribution in [0.5, 0.6) is 0 Å². The lowest BCUT2D eigenvalue weighted by Gasteiger charge is -2.42. The van der Waals surface area contributed by atoms with E-state index in [-0.39, 0.29) is 24.3 Å². The number of benzene rings is 3. The molecule has 3 aromatic carbocycles. The monoisotopic (exact) mass is 522 g/mol. The largest absolute Gasteiger partial charge is 0.481 e. The van der Waals surface area contributed by atoms with E-state index >= 15 is 0 Å². The van der Waals surface area contributed by atoms with Gasteiger partial charge in [0.25, 0.3) is 11.8 Å². The van der Waals surface area contributed by atoms with Crippen molar-refractivity contribution in [2.75, 3.05) is 13.1 Å². The Morgan fingerprint density at radius 2 is 1.49 bits per heavy atom. The topological polar surface area (TPSA) is 95.0 Å². The van der Waals surface area contributed by atoms with Gasteiger partial charge < -0.3 is 10.0 Å². The van der Waals surface area contributed by atoms with Crippen molar-refractivity contribution in [2.45, 2.75) is 38.1 Å². The van der Waals surface area contributed by atoms with Crippen LogP contribution in [-0.2, 0) is 16.0 Å². The quantitative estimate of drug-likeness (QED) is 0.478. The van der Waals surface area contributed by atoms with E-state index in [4.69, 9.17) is 0 Å². The number of hydrogen-bond acceptors (Lipinski definition) is 4. The van der Waals surface area contributed by atoms with E-state index in [0.717, 1.165) is 35.1 Å². The van der Waals surface area contributed by atoms with Crippen molar-refractivity contribution in [1.82, 2.24) is 9.80 Å². The summed E-state index contributed by atoms with van der Waals surface area (Å²) in [5.74, 6) is -3.17. The molecule has 0 spiro atoms. The third-order valence-corrected chi connectivity index (χ3v) is 8.53. The van der Waals surface area contributed by atoms with Crippen molar-refractivity contribution < 1.29 is 24.3 Å². The van der Waals surface area contributed by atoms with Gasteiger partial charge in [0.2, 0.25) is 5.91 Å². The van der Waals surface area contributed by atoms with E-state index in [2.05, 4.69) is 0 Å². The lowest BCUT2D eigenvalue weighted by molar-refractivity contribution is -0.153. The maximum absolute atomic E-state index is 13.9. The summed E-state index contributed by atoms with van der Waals surface area (Å²) in [5, 5.41) is 9.82. The summed E-state index contributed by atoms with van der Waals surface area (Å²) in [4.78, 5) is 56.0. The number of amides is 3. The smallest absolute Gasteiger partial charge is 0.307 e. The maximum Gasteiger partial charge on any atom is 0.307 e. The first-order chi connectivity index (χ1) is 18.9. The minimum absolute atomic E-state index is 0.0280. The molecule has 1 fully saturated rings. The van der Waals surface area contributed by atoms with E-state index in [9.17, 15) is 24.3 Å². The molecule has 3 amide bonds. The lowest BCUT2D eigenvalue weighted by atomic mass is 9.77. The second kappa shape index (κ2) is 10.1. The molecule has 0 radical (unpaired) electrons. The summed E-state index contributed by atoms with van der Waals surface area (Å²) >= 11 is 0. The number of nitrogens with zero attached hydrogens (tertiary/aromatic N) is 2. The molecule has 6 rings (SSSR count). The van der Waals surface area contributed by atoms with Crippen molar-refractivity contribution in [1.29, 1.82) is 0 Å². The van der Waals surface area contributed by atoms with Gasteiger partial charge in [-0.1, -0.05) is 73.5 Å². The predicted octanol–water partition coefficient (Wildman–Crippen LogP) is 4.97. The van der Waals surface area contributed by atoms with Crippen LogP contribution in [0.25, 0.3) is 11.1 Å². The number of aliphatic carboxylic acids is 1. The van der Waals surface area contributed by atoms with Crippen LogP contribution in [0.3, 0.4) is 0 Å². The highest BCUT2D eigenvalue weighted by Crippen LogP contribution is 2.38. The van der Waals surface area contributed by atoms with Crippen LogP contribution < -0.4 is 0 Å². The van der Waals surface area contributed by atoms with Crippen LogP contribution >= 0.6 is 0 Å². The molecule has 1 aliphatic carbocycles. The first kappa shape index (κ1) is 25.0. The van der Waals surface area contributed by atoms with Gasteiger partial charge in [0.1, 0.15) is 0 Å². The summed E-state index contributed by atoms with van der Waals surface area (Å²) in [6.45, 7) is 0.449. The van der Waals surface area contributed by atoms with Crippen LogP contribution in [0.15, 0.2) is 72.8 Å². The first-order valence-corrected chi connectivity index (χ1v) is 13.6. The second-order valence-corrected chi connectivity index (χ2v) is 10.7. The van der Waals surface area contributed by atoms with Gasteiger partial charge in [-0.25, -0.2) is 0 Å². The third kappa shape index (κ3) is 4.42. The molecule has 1 N–H and O–H groups in total. The number of carbonyl (C=O) groups is 4. The maximum atomic E-state index is 13.9. The summed E-state index contributed by atoms with van der Waals surface area (Å²) in [6, 6.07) is 22.3. The van der Waals surface area contributed by atoms with Crippen LogP contribution in [0.2, 0.25) is 0 Å². The van der Waals surface area contributed by atoms with Gasteiger partial charge in [0.15, 0.2) is 0 Å². The minimum atomic E-state index is -0.934. The van der Waals surface area contributed by atoms with Crippen molar-refractivity contribution >= 4 is 23.7 Å². The summed E-state index contributed by atoms with van der Waals surface area (Å²) < 4.78 is 0. The molecule has 39 heavy (non-hydrogen) atoms. The molecule has 0 bridgehead atoms. The van der Waals surface area contributed by atoms with Crippen LogP contribution in [-0.4, -0.2) is 51.7 Å².